The molecule has 4 amide bonds. The van der Waals surface area contributed by atoms with Gasteiger partial charge in [-0.3, -0.25) is 29.9 Å². The van der Waals surface area contributed by atoms with Crippen molar-refractivity contribution in [1.29, 1.82) is 0 Å². The van der Waals surface area contributed by atoms with Gasteiger partial charge in [0.25, 0.3) is 17.5 Å². The van der Waals surface area contributed by atoms with Gasteiger partial charge in [-0.25, -0.2) is 4.79 Å². The molecule has 3 heterocycles. The summed E-state index contributed by atoms with van der Waals surface area (Å²) < 4.78 is 12.0. The summed E-state index contributed by atoms with van der Waals surface area (Å²) in [7, 11) is 1.42. The molecule has 3 aromatic rings. The number of aromatic nitrogens is 1. The molecule has 0 radical (unpaired) electrons. The van der Waals surface area contributed by atoms with Crippen LogP contribution in [-0.2, 0) is 16.1 Å². The third-order valence-electron chi connectivity index (χ3n) is 5.47. The lowest BCUT2D eigenvalue weighted by Gasteiger charge is -2.25. The van der Waals surface area contributed by atoms with Crippen LogP contribution in [0.5, 0.6) is 5.75 Å². The number of nitrogens with one attached hydrogen (secondary N) is 1. The number of nitro groups is 1. The van der Waals surface area contributed by atoms with E-state index in [0.29, 0.717) is 34.1 Å². The van der Waals surface area contributed by atoms with E-state index >= 15 is 0 Å². The Bertz CT molecular complexity index is 1350. The molecule has 0 unspecified atom stereocenters. The van der Waals surface area contributed by atoms with Crippen LogP contribution in [0.3, 0.4) is 0 Å². The lowest BCUT2D eigenvalue weighted by Crippen LogP contribution is -2.53. The monoisotopic (exact) mass is 464 g/mol. The first kappa shape index (κ1) is 22.5. The van der Waals surface area contributed by atoms with E-state index in [4.69, 9.17) is 9.15 Å². The van der Waals surface area contributed by atoms with E-state index in [1.807, 2.05) is 0 Å². The Morgan fingerprint density at radius 1 is 1.18 bits per heavy atom. The fourth-order valence-corrected chi connectivity index (χ4v) is 3.82. The van der Waals surface area contributed by atoms with Crippen LogP contribution in [0, 0.1) is 24.0 Å². The smallest absolute Gasteiger partial charge is 0.331 e. The van der Waals surface area contributed by atoms with Gasteiger partial charge in [-0.05, 0) is 55.8 Å². The molecule has 0 saturated carbocycles. The number of hydrogen-bond acceptors (Lipinski definition) is 7. The second kappa shape index (κ2) is 8.70. The highest BCUT2D eigenvalue weighted by molar-refractivity contribution is 6.31. The number of barbiturate groups is 1. The van der Waals surface area contributed by atoms with Crippen molar-refractivity contribution in [1.82, 2.24) is 14.8 Å². The van der Waals surface area contributed by atoms with E-state index in [1.165, 1.54) is 25.5 Å². The number of ether oxygens (including phenoxy) is 1. The molecule has 34 heavy (non-hydrogen) atoms. The average molecular weight is 464 g/mol. The van der Waals surface area contributed by atoms with E-state index in [1.54, 1.807) is 48.7 Å². The van der Waals surface area contributed by atoms with Crippen molar-refractivity contribution in [3.05, 3.63) is 81.1 Å². The standard InChI is InChI=1S/C23H20N4O7/c1-13-9-15(14(2)26(13)19-7-6-16(33-3)11-20(19)27(31)32)10-18-21(28)24-23(30)25(22(18)29)12-17-5-4-8-34-17/h4-11H,12H2,1-3H3,(H,24,28,30)/b18-10+. The number of carbonyl (C=O) groups excluding carboxylic acids is 3. The van der Waals surface area contributed by atoms with Crippen LogP contribution < -0.4 is 10.1 Å². The highest BCUT2D eigenvalue weighted by Gasteiger charge is 2.36. The minimum absolute atomic E-state index is 0.140. The molecule has 0 bridgehead atoms. The lowest BCUT2D eigenvalue weighted by molar-refractivity contribution is -0.384. The molecule has 1 aliphatic heterocycles. The topological polar surface area (TPSA) is 137 Å². The molecule has 0 atom stereocenters. The summed E-state index contributed by atoms with van der Waals surface area (Å²) >= 11 is 0. The number of nitrogens with zero attached hydrogens (tertiary/aromatic N) is 3. The zero-order valence-corrected chi connectivity index (χ0v) is 18.5. The van der Waals surface area contributed by atoms with Gasteiger partial charge < -0.3 is 13.7 Å². The fourth-order valence-electron chi connectivity index (χ4n) is 3.82. The molecule has 1 N–H and O–H groups in total. The molecule has 1 aromatic carbocycles. The number of benzene rings is 1. The number of hydrogen-bond donors (Lipinski definition) is 1. The largest absolute Gasteiger partial charge is 0.496 e. The van der Waals surface area contributed by atoms with Crippen LogP contribution in [0.1, 0.15) is 22.7 Å². The van der Waals surface area contributed by atoms with Crippen LogP contribution in [-0.4, -0.2) is 39.3 Å². The average Bonchev–Trinajstić information content (AvgIpc) is 3.41. The zero-order valence-electron chi connectivity index (χ0n) is 18.5. The summed E-state index contributed by atoms with van der Waals surface area (Å²) in [4.78, 5) is 49.7. The second-order valence-electron chi connectivity index (χ2n) is 7.56. The number of rotatable bonds is 6. The van der Waals surface area contributed by atoms with Crippen molar-refractivity contribution in [3.63, 3.8) is 0 Å². The van der Waals surface area contributed by atoms with Gasteiger partial charge in [-0.2, -0.15) is 0 Å². The van der Waals surface area contributed by atoms with Gasteiger partial charge in [0, 0.05) is 11.4 Å². The van der Waals surface area contributed by atoms with Gasteiger partial charge in [0.2, 0.25) is 0 Å². The van der Waals surface area contributed by atoms with Crippen LogP contribution in [0.2, 0.25) is 0 Å². The number of imide groups is 2. The number of furan rings is 1. The van der Waals surface area contributed by atoms with Crippen LogP contribution in [0.4, 0.5) is 10.5 Å². The molecule has 11 heteroatoms. The molecule has 1 saturated heterocycles. The number of amides is 4. The van der Waals surface area contributed by atoms with E-state index < -0.39 is 22.8 Å². The molecule has 11 nitrogen and oxygen atoms in total. The van der Waals surface area contributed by atoms with E-state index in [-0.39, 0.29) is 17.8 Å². The fraction of sp³-hybridized carbons (Fsp3) is 0.174. The third-order valence-corrected chi connectivity index (χ3v) is 5.47. The maximum absolute atomic E-state index is 13.0. The molecule has 0 aliphatic carbocycles. The first-order valence-corrected chi connectivity index (χ1v) is 10.1. The van der Waals surface area contributed by atoms with Crippen molar-refractivity contribution in [2.45, 2.75) is 20.4 Å². The van der Waals surface area contributed by atoms with Gasteiger partial charge in [-0.15, -0.1) is 0 Å². The summed E-state index contributed by atoms with van der Waals surface area (Å²) in [6.45, 7) is 3.32. The van der Waals surface area contributed by atoms with Crippen LogP contribution in [0.15, 0.2) is 52.7 Å². The van der Waals surface area contributed by atoms with Crippen LogP contribution in [0.25, 0.3) is 11.8 Å². The molecule has 174 valence electrons. The summed E-state index contributed by atoms with van der Waals surface area (Å²) in [5, 5.41) is 13.8. The van der Waals surface area contributed by atoms with Gasteiger partial charge in [-0.1, -0.05) is 0 Å². The normalized spacial score (nSPS) is 15.1. The summed E-state index contributed by atoms with van der Waals surface area (Å²) in [6.07, 6.45) is 2.78. The lowest BCUT2D eigenvalue weighted by atomic mass is 10.1. The second-order valence-corrected chi connectivity index (χ2v) is 7.56. The summed E-state index contributed by atoms with van der Waals surface area (Å²) in [5.74, 6) is -0.885. The number of urea groups is 1. The number of methoxy groups -OCH3 is 1. The van der Waals surface area contributed by atoms with Gasteiger partial charge in [0.15, 0.2) is 0 Å². The van der Waals surface area contributed by atoms with Crippen molar-refractivity contribution < 1.29 is 28.5 Å². The Balaban J connectivity index is 1.75. The number of carbonyl (C=O) groups is 3. The van der Waals surface area contributed by atoms with Gasteiger partial charge >= 0.3 is 6.03 Å². The highest BCUT2D eigenvalue weighted by Crippen LogP contribution is 2.32. The molecular formula is C23H20N4O7. The van der Waals surface area contributed by atoms with Gasteiger partial charge in [0.05, 0.1) is 30.9 Å². The van der Waals surface area contributed by atoms with E-state index in [0.717, 1.165) is 4.90 Å². The van der Waals surface area contributed by atoms with Crippen molar-refractivity contribution in [2.75, 3.05) is 7.11 Å². The molecule has 1 fully saturated rings. The minimum Gasteiger partial charge on any atom is -0.496 e. The third kappa shape index (κ3) is 3.94. The predicted octanol–water partition coefficient (Wildman–Crippen LogP) is 3.27. The zero-order chi connectivity index (χ0) is 24.6. The Kier molecular flexibility index (Phi) is 5.76. The maximum atomic E-state index is 13.0. The van der Waals surface area contributed by atoms with E-state index in [2.05, 4.69) is 5.32 Å². The number of aryl methyl sites for hydroxylation is 1. The van der Waals surface area contributed by atoms with E-state index in [9.17, 15) is 24.5 Å². The minimum atomic E-state index is -0.845. The predicted molar refractivity (Wildman–Crippen MR) is 119 cm³/mol. The first-order chi connectivity index (χ1) is 16.2. The summed E-state index contributed by atoms with van der Waals surface area (Å²) in [5.41, 5.74) is 1.60. The van der Waals surface area contributed by atoms with Crippen LogP contribution >= 0.6 is 0 Å². The Morgan fingerprint density at radius 2 is 1.94 bits per heavy atom. The molecule has 1 aliphatic rings. The molecule has 0 spiro atoms. The summed E-state index contributed by atoms with van der Waals surface area (Å²) in [6, 6.07) is 8.58. The Hall–Kier alpha value is -4.67. The SMILES string of the molecule is COc1ccc(-n2c(C)cc(/C=C3\C(=O)NC(=O)N(Cc4ccco4)C3=O)c2C)c([N+](=O)[O-])c1. The van der Waals surface area contributed by atoms with Crippen molar-refractivity contribution >= 4 is 29.6 Å². The maximum Gasteiger partial charge on any atom is 0.331 e. The molecule has 4 rings (SSSR count). The highest BCUT2D eigenvalue weighted by atomic mass is 16.6. The number of nitro benzene ring substituents is 1. The first-order valence-electron chi connectivity index (χ1n) is 10.1. The van der Waals surface area contributed by atoms with Crippen molar-refractivity contribution in [3.8, 4) is 11.4 Å². The quantitative estimate of drug-likeness (QED) is 0.256. The molecular weight excluding hydrogens is 444 g/mol. The van der Waals surface area contributed by atoms with Crippen molar-refractivity contribution in [2.24, 2.45) is 0 Å². The Morgan fingerprint density at radius 3 is 2.59 bits per heavy atom. The Labute approximate surface area is 193 Å². The molecule has 2 aromatic heterocycles. The van der Waals surface area contributed by atoms with Gasteiger partial charge in [0.1, 0.15) is 22.8 Å².